The number of nitrogens with one attached hydrogen (secondary N) is 1. The topological polar surface area (TPSA) is 110 Å². The highest BCUT2D eigenvalue weighted by Gasteiger charge is 2.25. The van der Waals surface area contributed by atoms with Gasteiger partial charge in [-0.15, -0.1) is 21.5 Å². The number of carbonyl (C=O) groups is 1. The van der Waals surface area contributed by atoms with Gasteiger partial charge in [-0.25, -0.2) is 17.7 Å². The number of sulfonamides is 1. The maximum atomic E-state index is 13.1. The third-order valence-electron chi connectivity index (χ3n) is 5.71. The molecule has 0 aliphatic carbocycles. The lowest BCUT2D eigenvalue weighted by molar-refractivity contribution is -0.113. The minimum absolute atomic E-state index is 0.0637. The molecule has 0 aliphatic heterocycles. The van der Waals surface area contributed by atoms with Crippen LogP contribution in [0.4, 0.5) is 10.8 Å². The summed E-state index contributed by atoms with van der Waals surface area (Å²) >= 11 is 8.70. The molecule has 0 unspecified atom stereocenters. The van der Waals surface area contributed by atoms with E-state index in [1.54, 1.807) is 36.7 Å². The molecule has 0 saturated carbocycles. The summed E-state index contributed by atoms with van der Waals surface area (Å²) in [6, 6.07) is 23.0. The van der Waals surface area contributed by atoms with E-state index in [-0.39, 0.29) is 23.1 Å². The second kappa shape index (κ2) is 12.2. The van der Waals surface area contributed by atoms with E-state index < -0.39 is 10.0 Å². The first-order valence-electron chi connectivity index (χ1n) is 12.1. The van der Waals surface area contributed by atoms with Crippen LogP contribution in [-0.4, -0.2) is 46.4 Å². The summed E-state index contributed by atoms with van der Waals surface area (Å²) in [7, 11) is -3.78. The Balaban J connectivity index is 1.30. The van der Waals surface area contributed by atoms with Gasteiger partial charge in [-0.2, -0.15) is 0 Å². The standard InChI is InChI=1S/C27H23ClN6O3S3/c1-2-33(26-29-15-16-38-26)40(36,37)23-13-11-21(12-14-23)30-24(35)18-39-27-32-31-25(19-7-6-8-20(28)17-19)34(27)22-9-4-3-5-10-22/h3-17H,2,18H2,1H3,(H,30,35). The highest BCUT2D eigenvalue weighted by Crippen LogP contribution is 2.30. The third kappa shape index (κ3) is 6.04. The lowest BCUT2D eigenvalue weighted by atomic mass is 10.2. The molecule has 0 spiro atoms. The van der Waals surface area contributed by atoms with Crippen molar-refractivity contribution in [3.8, 4) is 17.1 Å². The number of aromatic nitrogens is 4. The normalized spacial score (nSPS) is 11.3. The molecule has 1 amide bonds. The minimum Gasteiger partial charge on any atom is -0.325 e. The number of carbonyl (C=O) groups excluding carboxylic acids is 1. The van der Waals surface area contributed by atoms with Gasteiger partial charge < -0.3 is 5.32 Å². The Morgan fingerprint density at radius 1 is 1.05 bits per heavy atom. The van der Waals surface area contributed by atoms with Crippen LogP contribution in [0.15, 0.2) is 100 Å². The van der Waals surface area contributed by atoms with Crippen LogP contribution in [0.2, 0.25) is 5.02 Å². The van der Waals surface area contributed by atoms with Crippen molar-refractivity contribution in [2.75, 3.05) is 21.9 Å². The van der Waals surface area contributed by atoms with Crippen molar-refractivity contribution in [1.82, 2.24) is 19.7 Å². The molecule has 0 fully saturated rings. The summed E-state index contributed by atoms with van der Waals surface area (Å²) in [4.78, 5) is 17.0. The van der Waals surface area contributed by atoms with E-state index >= 15 is 0 Å². The number of rotatable bonds is 10. The van der Waals surface area contributed by atoms with Crippen LogP contribution in [0.5, 0.6) is 0 Å². The Labute approximate surface area is 244 Å². The Kier molecular flexibility index (Phi) is 8.50. The van der Waals surface area contributed by atoms with Crippen molar-refractivity contribution in [3.05, 3.63) is 95.5 Å². The number of amides is 1. The Hall–Kier alpha value is -3.71. The fourth-order valence-corrected chi connectivity index (χ4v) is 7.20. The van der Waals surface area contributed by atoms with Crippen LogP contribution in [0.1, 0.15) is 6.92 Å². The van der Waals surface area contributed by atoms with Crippen LogP contribution < -0.4 is 9.62 Å². The first kappa shape index (κ1) is 27.8. The van der Waals surface area contributed by atoms with E-state index in [4.69, 9.17) is 11.6 Å². The number of thiazole rings is 1. The number of halogens is 1. The minimum atomic E-state index is -3.78. The number of benzene rings is 3. The zero-order valence-electron chi connectivity index (χ0n) is 21.1. The van der Waals surface area contributed by atoms with E-state index in [0.717, 1.165) is 11.3 Å². The van der Waals surface area contributed by atoms with Gasteiger partial charge in [0.15, 0.2) is 16.1 Å². The molecular formula is C27H23ClN6O3S3. The number of hydrogen-bond acceptors (Lipinski definition) is 8. The van der Waals surface area contributed by atoms with Gasteiger partial charge in [-0.1, -0.05) is 53.7 Å². The Bertz CT molecular complexity index is 1710. The molecule has 9 nitrogen and oxygen atoms in total. The summed E-state index contributed by atoms with van der Waals surface area (Å²) in [6.45, 7) is 2.00. The molecule has 2 aromatic heterocycles. The summed E-state index contributed by atoms with van der Waals surface area (Å²) < 4.78 is 29.3. The second-order valence-electron chi connectivity index (χ2n) is 8.33. The zero-order valence-corrected chi connectivity index (χ0v) is 24.3. The Morgan fingerprint density at radius 2 is 1.82 bits per heavy atom. The highest BCUT2D eigenvalue weighted by atomic mass is 35.5. The molecular weight excluding hydrogens is 588 g/mol. The lowest BCUT2D eigenvalue weighted by Gasteiger charge is -2.19. The van der Waals surface area contributed by atoms with Gasteiger partial charge in [0.25, 0.3) is 10.0 Å². The summed E-state index contributed by atoms with van der Waals surface area (Å²) in [5.74, 6) is 0.395. The van der Waals surface area contributed by atoms with Gasteiger partial charge in [0.1, 0.15) is 0 Å². The van der Waals surface area contributed by atoms with Crippen molar-refractivity contribution in [1.29, 1.82) is 0 Å². The summed E-state index contributed by atoms with van der Waals surface area (Å²) in [5, 5.41) is 14.8. The largest absolute Gasteiger partial charge is 0.325 e. The molecule has 5 rings (SSSR count). The van der Waals surface area contributed by atoms with Gasteiger partial charge >= 0.3 is 0 Å². The molecule has 40 heavy (non-hydrogen) atoms. The fraction of sp³-hybridized carbons (Fsp3) is 0.111. The number of nitrogens with zero attached hydrogens (tertiary/aromatic N) is 5. The lowest BCUT2D eigenvalue weighted by Crippen LogP contribution is -2.30. The number of thioether (sulfide) groups is 1. The molecule has 1 N–H and O–H groups in total. The molecule has 0 saturated heterocycles. The van der Waals surface area contributed by atoms with E-state index in [1.807, 2.05) is 53.1 Å². The van der Waals surface area contributed by atoms with Gasteiger partial charge in [-0.05, 0) is 55.5 Å². The van der Waals surface area contributed by atoms with Gasteiger partial charge in [0, 0.05) is 40.1 Å². The molecule has 204 valence electrons. The number of para-hydroxylation sites is 1. The SMILES string of the molecule is CCN(c1nccs1)S(=O)(=O)c1ccc(NC(=O)CSc2nnc(-c3cccc(Cl)c3)n2-c2ccccc2)cc1. The maximum absolute atomic E-state index is 13.1. The molecule has 0 radical (unpaired) electrons. The van der Waals surface area contributed by atoms with Crippen LogP contribution in [0.25, 0.3) is 17.1 Å². The molecule has 13 heteroatoms. The van der Waals surface area contributed by atoms with Crippen LogP contribution in [0, 0.1) is 0 Å². The maximum Gasteiger partial charge on any atom is 0.266 e. The van der Waals surface area contributed by atoms with Gasteiger partial charge in [0.2, 0.25) is 5.91 Å². The van der Waals surface area contributed by atoms with Crippen LogP contribution in [-0.2, 0) is 14.8 Å². The van der Waals surface area contributed by atoms with Crippen molar-refractivity contribution in [3.63, 3.8) is 0 Å². The van der Waals surface area contributed by atoms with E-state index in [0.29, 0.717) is 26.8 Å². The first-order valence-corrected chi connectivity index (χ1v) is 15.8. The average Bonchev–Trinajstić information content (AvgIpc) is 3.64. The quantitative estimate of drug-likeness (QED) is 0.193. The van der Waals surface area contributed by atoms with E-state index in [9.17, 15) is 13.2 Å². The second-order valence-corrected chi connectivity index (χ2v) is 12.4. The molecule has 3 aromatic carbocycles. The summed E-state index contributed by atoms with van der Waals surface area (Å²) in [6.07, 6.45) is 1.56. The third-order valence-corrected chi connectivity index (χ3v) is 9.66. The van der Waals surface area contributed by atoms with Gasteiger partial charge in [0.05, 0.1) is 10.6 Å². The smallest absolute Gasteiger partial charge is 0.266 e. The number of hydrogen-bond donors (Lipinski definition) is 1. The summed E-state index contributed by atoms with van der Waals surface area (Å²) in [5.41, 5.74) is 2.12. The van der Waals surface area contributed by atoms with E-state index in [2.05, 4.69) is 20.5 Å². The van der Waals surface area contributed by atoms with Crippen molar-refractivity contribution >= 4 is 61.4 Å². The van der Waals surface area contributed by atoms with Crippen molar-refractivity contribution < 1.29 is 13.2 Å². The van der Waals surface area contributed by atoms with Crippen LogP contribution >= 0.6 is 34.7 Å². The zero-order chi connectivity index (χ0) is 28.1. The average molecular weight is 611 g/mol. The monoisotopic (exact) mass is 610 g/mol. The Morgan fingerprint density at radius 3 is 2.50 bits per heavy atom. The van der Waals surface area contributed by atoms with E-state index in [1.165, 1.54) is 39.5 Å². The van der Waals surface area contributed by atoms with Crippen molar-refractivity contribution in [2.45, 2.75) is 17.0 Å². The molecule has 0 bridgehead atoms. The van der Waals surface area contributed by atoms with Gasteiger partial charge in [-0.3, -0.25) is 9.36 Å². The van der Waals surface area contributed by atoms with Crippen LogP contribution in [0.3, 0.4) is 0 Å². The predicted octanol–water partition coefficient (Wildman–Crippen LogP) is 5.99. The predicted molar refractivity (Wildman–Crippen MR) is 160 cm³/mol. The molecule has 0 atom stereocenters. The molecule has 5 aromatic rings. The first-order chi connectivity index (χ1) is 19.4. The number of anilines is 2. The molecule has 2 heterocycles. The highest BCUT2D eigenvalue weighted by molar-refractivity contribution is 7.99. The fourth-order valence-electron chi connectivity index (χ4n) is 3.90. The molecule has 0 aliphatic rings. The van der Waals surface area contributed by atoms with Crippen molar-refractivity contribution in [2.24, 2.45) is 0 Å².